The number of nitrogens with zero attached hydrogens (tertiary/aromatic N) is 3. The highest BCUT2D eigenvalue weighted by Crippen LogP contribution is 2.34. The number of fused-ring (bicyclic) bond motifs is 1. The van der Waals surface area contributed by atoms with E-state index in [-0.39, 0.29) is 16.1 Å². The van der Waals surface area contributed by atoms with Crippen molar-refractivity contribution in [2.45, 2.75) is 36.6 Å². The molecule has 4 aromatic rings. The molecule has 0 bridgehead atoms. The van der Waals surface area contributed by atoms with Crippen molar-refractivity contribution in [3.8, 4) is 11.1 Å². The molecule has 0 saturated heterocycles. The van der Waals surface area contributed by atoms with Gasteiger partial charge in [-0.15, -0.1) is 0 Å². The van der Waals surface area contributed by atoms with Crippen LogP contribution in [0.2, 0.25) is 5.02 Å². The van der Waals surface area contributed by atoms with E-state index in [1.54, 1.807) is 24.3 Å². The van der Waals surface area contributed by atoms with E-state index in [9.17, 15) is 8.42 Å². The van der Waals surface area contributed by atoms with E-state index in [0.717, 1.165) is 47.8 Å². The first-order chi connectivity index (χ1) is 17.6. The molecule has 3 aromatic carbocycles. The molecule has 0 unspecified atom stereocenters. The molecule has 1 saturated carbocycles. The van der Waals surface area contributed by atoms with Crippen molar-refractivity contribution in [3.63, 3.8) is 0 Å². The lowest BCUT2D eigenvalue weighted by Crippen LogP contribution is -2.50. The molecule has 0 atom stereocenters. The molecule has 8 nitrogen and oxygen atoms in total. The van der Waals surface area contributed by atoms with Gasteiger partial charge < -0.3 is 4.90 Å². The summed E-state index contributed by atoms with van der Waals surface area (Å²) in [6.07, 6.45) is 3.79. The number of nitrogens with one attached hydrogen (secondary N) is 3. The largest absolute Gasteiger partial charge is 0.329 e. The van der Waals surface area contributed by atoms with Crippen LogP contribution in [-0.2, 0) is 10.0 Å². The number of aromatic nitrogens is 2. The smallest absolute Gasteiger partial charge is 0.241 e. The average Bonchev–Trinajstić information content (AvgIpc) is 2.87. The maximum Gasteiger partial charge on any atom is 0.241 e. The minimum atomic E-state index is -3.58. The van der Waals surface area contributed by atoms with Crippen molar-refractivity contribution in [1.82, 2.24) is 14.3 Å². The molecular weight excluding hydrogens is 508 g/mol. The summed E-state index contributed by atoms with van der Waals surface area (Å²) in [7, 11) is -1.71. The highest BCUT2D eigenvalue weighted by molar-refractivity contribution is 7.89. The number of hydrogen-bond donors (Lipinski definition) is 3. The van der Waals surface area contributed by atoms with Gasteiger partial charge in [0, 0.05) is 28.7 Å². The van der Waals surface area contributed by atoms with Crippen LogP contribution in [0, 0.1) is 10.8 Å². The van der Waals surface area contributed by atoms with Gasteiger partial charge in [0.2, 0.25) is 15.6 Å². The second-order valence-corrected chi connectivity index (χ2v) is 11.7. The first kappa shape index (κ1) is 25.1. The van der Waals surface area contributed by atoms with Crippen LogP contribution in [0.15, 0.2) is 71.6 Å². The van der Waals surface area contributed by atoms with Gasteiger partial charge in [0.15, 0.2) is 0 Å². The van der Waals surface area contributed by atoms with Crippen molar-refractivity contribution in [2.75, 3.05) is 11.9 Å². The minimum Gasteiger partial charge on any atom is -0.329 e. The predicted octanol–water partition coefficient (Wildman–Crippen LogP) is 5.28. The molecule has 0 amide bonds. The molecule has 1 fully saturated rings. The topological polar surface area (TPSA) is 115 Å². The van der Waals surface area contributed by atoms with E-state index in [2.05, 4.69) is 9.71 Å². The van der Waals surface area contributed by atoms with E-state index in [1.807, 2.05) is 61.3 Å². The first-order valence-electron chi connectivity index (χ1n) is 11.9. The number of rotatable bonds is 7. The molecule has 0 spiro atoms. The standard InChI is InChI=1S/C27H27ClN6O2S/c1-27(13-4-14-27)32-37(35,36)22-10-7-18(8-11-22)19-5-3-6-21(15-19)33(2)25-23-12-9-20(28)16-24(23)34(17-29)26(30)31-25/h3,5-12,15-17,29-30,32H,4,13-14H2,1-2H3. The van der Waals surface area contributed by atoms with Crippen molar-refractivity contribution < 1.29 is 8.42 Å². The van der Waals surface area contributed by atoms with Crippen molar-refractivity contribution >= 4 is 50.4 Å². The number of anilines is 2. The Morgan fingerprint density at radius 3 is 2.46 bits per heavy atom. The minimum absolute atomic E-state index is 0.0797. The Morgan fingerprint density at radius 2 is 1.81 bits per heavy atom. The second-order valence-electron chi connectivity index (χ2n) is 9.57. The summed E-state index contributed by atoms with van der Waals surface area (Å²) >= 11 is 6.19. The highest BCUT2D eigenvalue weighted by atomic mass is 35.5. The van der Waals surface area contributed by atoms with Gasteiger partial charge in [-0.25, -0.2) is 13.1 Å². The molecule has 5 rings (SSSR count). The molecule has 3 N–H and O–H groups in total. The third-order valence-electron chi connectivity index (χ3n) is 6.92. The Balaban J connectivity index is 1.47. The predicted molar refractivity (Wildman–Crippen MR) is 147 cm³/mol. The normalized spacial score (nSPS) is 14.8. The molecule has 37 heavy (non-hydrogen) atoms. The summed E-state index contributed by atoms with van der Waals surface area (Å²) in [5.74, 6) is 0.559. The Labute approximate surface area is 220 Å². The molecule has 1 heterocycles. The lowest BCUT2D eigenvalue weighted by Gasteiger charge is -2.38. The molecule has 0 radical (unpaired) electrons. The van der Waals surface area contributed by atoms with Gasteiger partial charge in [0.1, 0.15) is 5.82 Å². The molecule has 0 aliphatic heterocycles. The SMILES string of the molecule is CN(c1cccc(-c2ccc(S(=O)(=O)NC3(C)CCC3)cc2)c1)c1nc(=N)n(C=N)c2cc(Cl)ccc12. The summed E-state index contributed by atoms with van der Waals surface area (Å²) in [5.41, 5.74) is 2.81. The molecule has 1 aliphatic carbocycles. The van der Waals surface area contributed by atoms with E-state index in [4.69, 9.17) is 22.4 Å². The fraction of sp³-hybridized carbons (Fsp3) is 0.222. The van der Waals surface area contributed by atoms with Crippen molar-refractivity contribution in [2.24, 2.45) is 0 Å². The zero-order chi connectivity index (χ0) is 26.4. The Morgan fingerprint density at radius 1 is 1.08 bits per heavy atom. The van der Waals surface area contributed by atoms with E-state index in [1.165, 1.54) is 4.57 Å². The Kier molecular flexibility index (Phi) is 6.39. The monoisotopic (exact) mass is 534 g/mol. The van der Waals surface area contributed by atoms with Crippen LogP contribution in [0.4, 0.5) is 11.5 Å². The third-order valence-corrected chi connectivity index (χ3v) is 8.81. The van der Waals surface area contributed by atoms with Gasteiger partial charge in [-0.1, -0.05) is 35.9 Å². The van der Waals surface area contributed by atoms with Crippen LogP contribution in [0.1, 0.15) is 26.2 Å². The van der Waals surface area contributed by atoms with Gasteiger partial charge in [-0.2, -0.15) is 4.98 Å². The molecular formula is C27H27ClN6O2S. The maximum absolute atomic E-state index is 12.8. The van der Waals surface area contributed by atoms with Crippen LogP contribution in [0.5, 0.6) is 0 Å². The number of benzene rings is 3. The molecule has 190 valence electrons. The van der Waals surface area contributed by atoms with Crippen LogP contribution in [-0.4, -0.2) is 36.9 Å². The van der Waals surface area contributed by atoms with Gasteiger partial charge in [0.25, 0.3) is 0 Å². The van der Waals surface area contributed by atoms with Crippen molar-refractivity contribution in [3.05, 3.63) is 77.4 Å². The first-order valence-corrected chi connectivity index (χ1v) is 13.7. The zero-order valence-electron chi connectivity index (χ0n) is 20.5. The number of hydrogen-bond acceptors (Lipinski definition) is 6. The lowest BCUT2D eigenvalue weighted by molar-refractivity contribution is 0.248. The van der Waals surface area contributed by atoms with Crippen LogP contribution >= 0.6 is 11.6 Å². The number of sulfonamides is 1. The fourth-order valence-corrected chi connectivity index (χ4v) is 6.27. The van der Waals surface area contributed by atoms with Crippen molar-refractivity contribution in [1.29, 1.82) is 10.8 Å². The average molecular weight is 535 g/mol. The van der Waals surface area contributed by atoms with Gasteiger partial charge in [0.05, 0.1) is 16.8 Å². The maximum atomic E-state index is 12.8. The lowest BCUT2D eigenvalue weighted by atomic mass is 9.80. The highest BCUT2D eigenvalue weighted by Gasteiger charge is 2.36. The van der Waals surface area contributed by atoms with E-state index in [0.29, 0.717) is 16.4 Å². The Hall–Kier alpha value is -3.53. The van der Waals surface area contributed by atoms with Gasteiger partial charge >= 0.3 is 0 Å². The van der Waals surface area contributed by atoms with E-state index < -0.39 is 10.0 Å². The summed E-state index contributed by atoms with van der Waals surface area (Å²) in [6.45, 7) is 1.94. The van der Waals surface area contributed by atoms with Crippen LogP contribution < -0.4 is 15.2 Å². The fourth-order valence-electron chi connectivity index (χ4n) is 4.64. The third kappa shape index (κ3) is 4.77. The quantitative estimate of drug-likeness (QED) is 0.221. The molecule has 1 aromatic heterocycles. The summed E-state index contributed by atoms with van der Waals surface area (Å²) in [4.78, 5) is 6.58. The molecule has 1 aliphatic rings. The summed E-state index contributed by atoms with van der Waals surface area (Å²) in [5, 5.41) is 17.3. The van der Waals surface area contributed by atoms with E-state index >= 15 is 0 Å². The van der Waals surface area contributed by atoms with Gasteiger partial charge in [-0.3, -0.25) is 15.4 Å². The van der Waals surface area contributed by atoms with Gasteiger partial charge in [-0.05, 0) is 79.8 Å². The summed E-state index contributed by atoms with van der Waals surface area (Å²) < 4.78 is 29.9. The van der Waals surface area contributed by atoms with Crippen LogP contribution in [0.3, 0.4) is 0 Å². The zero-order valence-corrected chi connectivity index (χ0v) is 22.1. The summed E-state index contributed by atoms with van der Waals surface area (Å²) in [6, 6.07) is 20.0. The molecule has 10 heteroatoms. The van der Waals surface area contributed by atoms with Crippen LogP contribution in [0.25, 0.3) is 22.0 Å². The number of halogens is 1. The Bertz CT molecular complexity index is 1680. The second kappa shape index (κ2) is 9.41.